The number of aryl methyl sites for hydroxylation is 1. The van der Waals surface area contributed by atoms with Crippen LogP contribution in [0.4, 0.5) is 5.69 Å². The summed E-state index contributed by atoms with van der Waals surface area (Å²) in [6.45, 7) is 1.87. The molecule has 0 fully saturated rings. The van der Waals surface area contributed by atoms with Gasteiger partial charge in [-0.2, -0.15) is 15.4 Å². The number of sulfonamides is 1. The molecule has 128 valence electrons. The number of nitrogens with zero attached hydrogens (tertiary/aromatic N) is 2. The number of amides is 1. The smallest absolute Gasteiger partial charge is 0.271 e. The first-order valence-corrected chi connectivity index (χ1v) is 8.76. The lowest BCUT2D eigenvalue weighted by atomic mass is 10.1. The van der Waals surface area contributed by atoms with Crippen LogP contribution in [0.5, 0.6) is 0 Å². The van der Waals surface area contributed by atoms with Crippen LogP contribution in [0.2, 0.25) is 0 Å². The molecular formula is C16H15N5O3S. The number of hydrogen-bond donors (Lipinski definition) is 3. The summed E-state index contributed by atoms with van der Waals surface area (Å²) in [4.78, 5) is 11.6. The average molecular weight is 357 g/mol. The third-order valence-corrected chi connectivity index (χ3v) is 4.92. The molecule has 4 N–H and O–H groups in total. The predicted octanol–water partition coefficient (Wildman–Crippen LogP) is 1.68. The first-order valence-electron chi connectivity index (χ1n) is 7.28. The lowest BCUT2D eigenvalue weighted by molar-refractivity contribution is 0.0996. The normalized spacial score (nSPS) is 11.2. The van der Waals surface area contributed by atoms with Gasteiger partial charge in [0.1, 0.15) is 5.69 Å². The van der Waals surface area contributed by atoms with Crippen LogP contribution in [0.3, 0.4) is 0 Å². The van der Waals surface area contributed by atoms with Crippen LogP contribution in [0.15, 0.2) is 53.4 Å². The molecule has 3 rings (SSSR count). The standard InChI is InChI=1S/C16H15N5O3S/c1-10-6-8-11(9-7-10)25(23,24)20-13-5-3-2-4-12(13)14-15(16(17)22)19-21-18-14/h2-9,20H,1H3,(H2,17,22)(H,18,19,21). The summed E-state index contributed by atoms with van der Waals surface area (Å²) in [5.41, 5.74) is 6.99. The number of rotatable bonds is 5. The largest absolute Gasteiger partial charge is 0.364 e. The summed E-state index contributed by atoms with van der Waals surface area (Å²) < 4.78 is 27.7. The highest BCUT2D eigenvalue weighted by molar-refractivity contribution is 7.92. The molecule has 1 amide bonds. The topological polar surface area (TPSA) is 131 Å². The van der Waals surface area contributed by atoms with E-state index in [4.69, 9.17) is 5.73 Å². The van der Waals surface area contributed by atoms with Gasteiger partial charge in [0.2, 0.25) is 0 Å². The van der Waals surface area contributed by atoms with E-state index in [0.29, 0.717) is 5.56 Å². The van der Waals surface area contributed by atoms with Gasteiger partial charge in [0.25, 0.3) is 15.9 Å². The number of nitrogens with two attached hydrogens (primary N) is 1. The van der Waals surface area contributed by atoms with Gasteiger partial charge in [0.05, 0.1) is 10.6 Å². The van der Waals surface area contributed by atoms with Crippen molar-refractivity contribution >= 4 is 21.6 Å². The fourth-order valence-corrected chi connectivity index (χ4v) is 3.37. The summed E-state index contributed by atoms with van der Waals surface area (Å²) in [5.74, 6) is -0.764. The van der Waals surface area contributed by atoms with Crippen molar-refractivity contribution in [1.82, 2.24) is 15.4 Å². The highest BCUT2D eigenvalue weighted by Gasteiger charge is 2.21. The molecule has 0 saturated carbocycles. The third-order valence-electron chi connectivity index (χ3n) is 3.54. The van der Waals surface area contributed by atoms with Crippen molar-refractivity contribution in [3.05, 3.63) is 59.8 Å². The number of aromatic amines is 1. The average Bonchev–Trinajstić information content (AvgIpc) is 3.05. The van der Waals surface area contributed by atoms with E-state index in [-0.39, 0.29) is 22.0 Å². The third kappa shape index (κ3) is 3.36. The second-order valence-electron chi connectivity index (χ2n) is 5.35. The molecule has 1 heterocycles. The van der Waals surface area contributed by atoms with E-state index in [1.807, 2.05) is 6.92 Å². The van der Waals surface area contributed by atoms with Crippen LogP contribution >= 0.6 is 0 Å². The van der Waals surface area contributed by atoms with E-state index in [1.54, 1.807) is 36.4 Å². The van der Waals surface area contributed by atoms with E-state index in [0.717, 1.165) is 5.56 Å². The predicted molar refractivity (Wildman–Crippen MR) is 92.3 cm³/mol. The maximum Gasteiger partial charge on any atom is 0.271 e. The fraction of sp³-hybridized carbons (Fsp3) is 0.0625. The van der Waals surface area contributed by atoms with Gasteiger partial charge in [-0.05, 0) is 25.1 Å². The van der Waals surface area contributed by atoms with Gasteiger partial charge >= 0.3 is 0 Å². The Morgan fingerprint density at radius 1 is 1.08 bits per heavy atom. The Kier molecular flexibility index (Phi) is 4.24. The lowest BCUT2D eigenvalue weighted by Crippen LogP contribution is -2.15. The van der Waals surface area contributed by atoms with E-state index in [2.05, 4.69) is 20.1 Å². The number of primary amides is 1. The molecule has 0 aliphatic carbocycles. The number of aromatic nitrogens is 3. The van der Waals surface area contributed by atoms with Crippen LogP contribution < -0.4 is 10.5 Å². The number of carbonyl (C=O) groups excluding carboxylic acids is 1. The molecule has 25 heavy (non-hydrogen) atoms. The zero-order valence-electron chi connectivity index (χ0n) is 13.2. The number of carbonyl (C=O) groups is 1. The molecule has 0 bridgehead atoms. The van der Waals surface area contributed by atoms with Gasteiger partial charge in [-0.15, -0.1) is 0 Å². The van der Waals surface area contributed by atoms with Crippen LogP contribution in [0, 0.1) is 6.92 Å². The Balaban J connectivity index is 2.03. The summed E-state index contributed by atoms with van der Waals surface area (Å²) in [5, 5.41) is 9.95. The number of H-pyrrole nitrogens is 1. The number of anilines is 1. The number of benzene rings is 2. The van der Waals surface area contributed by atoms with Gasteiger partial charge in [-0.1, -0.05) is 35.9 Å². The minimum Gasteiger partial charge on any atom is -0.364 e. The molecule has 0 aliphatic rings. The van der Waals surface area contributed by atoms with Gasteiger partial charge in [0, 0.05) is 5.56 Å². The van der Waals surface area contributed by atoms with Crippen LogP contribution in [0.1, 0.15) is 16.1 Å². The highest BCUT2D eigenvalue weighted by Crippen LogP contribution is 2.29. The number of para-hydroxylation sites is 1. The molecule has 8 nitrogen and oxygen atoms in total. The zero-order valence-corrected chi connectivity index (χ0v) is 14.0. The molecule has 0 unspecified atom stereocenters. The molecule has 0 radical (unpaired) electrons. The molecule has 9 heteroatoms. The highest BCUT2D eigenvalue weighted by atomic mass is 32.2. The SMILES string of the molecule is Cc1ccc(S(=O)(=O)Nc2ccccc2-c2n[nH]nc2C(N)=O)cc1. The van der Waals surface area contributed by atoms with Crippen LogP contribution in [-0.2, 0) is 10.0 Å². The van der Waals surface area contributed by atoms with Gasteiger partial charge in [0.15, 0.2) is 5.69 Å². The number of nitrogens with one attached hydrogen (secondary N) is 2. The first kappa shape index (κ1) is 16.7. The molecule has 2 aromatic carbocycles. The first-order chi connectivity index (χ1) is 11.9. The molecule has 3 aromatic rings. The van der Waals surface area contributed by atoms with Crippen molar-refractivity contribution in [2.75, 3.05) is 4.72 Å². The van der Waals surface area contributed by atoms with Crippen molar-refractivity contribution in [1.29, 1.82) is 0 Å². The Bertz CT molecular complexity index is 1030. The minimum absolute atomic E-state index is 0.0676. The van der Waals surface area contributed by atoms with Gasteiger partial charge in [-0.25, -0.2) is 8.42 Å². The Morgan fingerprint density at radius 3 is 2.44 bits per heavy atom. The molecule has 0 atom stereocenters. The Morgan fingerprint density at radius 2 is 1.76 bits per heavy atom. The number of hydrogen-bond acceptors (Lipinski definition) is 5. The van der Waals surface area contributed by atoms with Gasteiger partial charge < -0.3 is 5.73 Å². The Labute approximate surface area is 144 Å². The molecule has 0 spiro atoms. The summed E-state index contributed by atoms with van der Waals surface area (Å²) >= 11 is 0. The summed E-state index contributed by atoms with van der Waals surface area (Å²) in [6.07, 6.45) is 0. The monoisotopic (exact) mass is 357 g/mol. The molecule has 1 aromatic heterocycles. The molecule has 0 aliphatic heterocycles. The summed E-state index contributed by atoms with van der Waals surface area (Å²) in [7, 11) is -3.80. The quantitative estimate of drug-likeness (QED) is 0.639. The van der Waals surface area contributed by atoms with Crippen LogP contribution in [-0.4, -0.2) is 29.7 Å². The minimum atomic E-state index is -3.80. The van der Waals surface area contributed by atoms with Crippen LogP contribution in [0.25, 0.3) is 11.3 Å². The lowest BCUT2D eigenvalue weighted by Gasteiger charge is -2.12. The fourth-order valence-electron chi connectivity index (χ4n) is 2.29. The van der Waals surface area contributed by atoms with Crippen molar-refractivity contribution in [3.8, 4) is 11.3 Å². The Hall–Kier alpha value is -3.20. The van der Waals surface area contributed by atoms with E-state index in [1.165, 1.54) is 12.1 Å². The van der Waals surface area contributed by atoms with Gasteiger partial charge in [-0.3, -0.25) is 9.52 Å². The maximum absolute atomic E-state index is 12.6. The van der Waals surface area contributed by atoms with Crippen molar-refractivity contribution in [3.63, 3.8) is 0 Å². The van der Waals surface area contributed by atoms with Crippen molar-refractivity contribution in [2.24, 2.45) is 5.73 Å². The molecular weight excluding hydrogens is 342 g/mol. The van der Waals surface area contributed by atoms with E-state index < -0.39 is 15.9 Å². The molecule has 0 saturated heterocycles. The second-order valence-corrected chi connectivity index (χ2v) is 7.03. The van der Waals surface area contributed by atoms with E-state index >= 15 is 0 Å². The van der Waals surface area contributed by atoms with E-state index in [9.17, 15) is 13.2 Å². The van der Waals surface area contributed by atoms with Crippen molar-refractivity contribution < 1.29 is 13.2 Å². The maximum atomic E-state index is 12.6. The second kappa shape index (κ2) is 6.36. The summed E-state index contributed by atoms with van der Waals surface area (Å²) in [6, 6.07) is 13.0. The zero-order chi connectivity index (χ0) is 18.0. The van der Waals surface area contributed by atoms with Crippen molar-refractivity contribution in [2.45, 2.75) is 11.8 Å².